The molecule has 0 fully saturated rings. The second kappa shape index (κ2) is 6.79. The van der Waals surface area contributed by atoms with Gasteiger partial charge in [0.05, 0.1) is 6.04 Å². The number of carbonyl (C=O) groups excluding carboxylic acids is 2. The molecule has 18 heavy (non-hydrogen) atoms. The van der Waals surface area contributed by atoms with Gasteiger partial charge >= 0.3 is 0 Å². The van der Waals surface area contributed by atoms with E-state index in [9.17, 15) is 9.59 Å². The van der Waals surface area contributed by atoms with Gasteiger partial charge in [-0.15, -0.1) is 0 Å². The maximum Gasteiger partial charge on any atom is 0.219 e. The van der Waals surface area contributed by atoms with Crippen molar-refractivity contribution in [2.75, 3.05) is 13.1 Å². The molecule has 1 rings (SSSR count). The van der Waals surface area contributed by atoms with Gasteiger partial charge in [-0.05, 0) is 12.5 Å². The number of hydrogen-bond acceptors (Lipinski definition) is 2. The summed E-state index contributed by atoms with van der Waals surface area (Å²) in [4.78, 5) is 24.4. The Morgan fingerprint density at radius 1 is 1.22 bits per heavy atom. The molecule has 1 N–H and O–H groups in total. The van der Waals surface area contributed by atoms with Gasteiger partial charge in [0.25, 0.3) is 0 Å². The van der Waals surface area contributed by atoms with Crippen molar-refractivity contribution >= 4 is 11.8 Å². The van der Waals surface area contributed by atoms with E-state index in [0.29, 0.717) is 13.1 Å². The van der Waals surface area contributed by atoms with E-state index < -0.39 is 0 Å². The van der Waals surface area contributed by atoms with Crippen LogP contribution in [0.1, 0.15) is 32.4 Å². The first-order valence-electron chi connectivity index (χ1n) is 6.12. The molecule has 0 aliphatic heterocycles. The lowest BCUT2D eigenvalue weighted by Gasteiger charge is -2.26. The van der Waals surface area contributed by atoms with Gasteiger partial charge in [0.2, 0.25) is 11.8 Å². The highest BCUT2D eigenvalue weighted by Crippen LogP contribution is 2.14. The van der Waals surface area contributed by atoms with Crippen LogP contribution in [0.5, 0.6) is 0 Å². The second-order valence-electron chi connectivity index (χ2n) is 4.22. The Hall–Kier alpha value is -1.84. The van der Waals surface area contributed by atoms with Crippen LogP contribution in [0.25, 0.3) is 0 Å². The van der Waals surface area contributed by atoms with Crippen LogP contribution in [0.2, 0.25) is 0 Å². The van der Waals surface area contributed by atoms with Crippen molar-refractivity contribution in [2.24, 2.45) is 0 Å². The van der Waals surface area contributed by atoms with Crippen LogP contribution in [0.4, 0.5) is 0 Å². The molecule has 2 amide bonds. The summed E-state index contributed by atoms with van der Waals surface area (Å²) >= 11 is 0. The summed E-state index contributed by atoms with van der Waals surface area (Å²) in [7, 11) is 0. The van der Waals surface area contributed by atoms with Crippen molar-refractivity contribution in [3.05, 3.63) is 35.9 Å². The number of nitrogens with one attached hydrogen (secondary N) is 1. The molecule has 1 aromatic carbocycles. The van der Waals surface area contributed by atoms with E-state index in [1.807, 2.05) is 37.3 Å². The Balaban J connectivity index is 2.85. The monoisotopic (exact) mass is 248 g/mol. The summed E-state index contributed by atoms with van der Waals surface area (Å²) in [6, 6.07) is 9.52. The third-order valence-electron chi connectivity index (χ3n) is 2.81. The SMILES string of the molecule is CCN(C[C@@H](NC(C)=O)c1ccccc1)C(C)=O. The van der Waals surface area contributed by atoms with Crippen molar-refractivity contribution in [2.45, 2.75) is 26.8 Å². The first-order chi connectivity index (χ1) is 8.54. The molecule has 1 atom stereocenters. The molecule has 0 saturated carbocycles. The van der Waals surface area contributed by atoms with E-state index in [4.69, 9.17) is 0 Å². The van der Waals surface area contributed by atoms with E-state index in [0.717, 1.165) is 5.56 Å². The first-order valence-corrected chi connectivity index (χ1v) is 6.12. The zero-order valence-corrected chi connectivity index (χ0v) is 11.1. The molecule has 98 valence electrons. The highest BCUT2D eigenvalue weighted by molar-refractivity contribution is 5.74. The van der Waals surface area contributed by atoms with E-state index in [1.54, 1.807) is 11.8 Å². The first kappa shape index (κ1) is 14.2. The zero-order valence-electron chi connectivity index (χ0n) is 11.1. The Bertz CT molecular complexity index is 404. The lowest BCUT2D eigenvalue weighted by molar-refractivity contribution is -0.129. The number of nitrogens with zero attached hydrogens (tertiary/aromatic N) is 1. The van der Waals surface area contributed by atoms with Crippen LogP contribution in [0, 0.1) is 0 Å². The van der Waals surface area contributed by atoms with Gasteiger partial charge < -0.3 is 10.2 Å². The van der Waals surface area contributed by atoms with Crippen molar-refractivity contribution in [1.82, 2.24) is 10.2 Å². The standard InChI is InChI=1S/C14H20N2O2/c1-4-16(12(3)18)10-14(15-11(2)17)13-8-6-5-7-9-13/h5-9,14H,4,10H2,1-3H3,(H,15,17)/t14-/m1/s1. The number of amides is 2. The lowest BCUT2D eigenvalue weighted by Crippen LogP contribution is -2.39. The Labute approximate surface area is 108 Å². The van der Waals surface area contributed by atoms with Crippen LogP contribution in [-0.2, 0) is 9.59 Å². The average Bonchev–Trinajstić information content (AvgIpc) is 2.34. The van der Waals surface area contributed by atoms with E-state index in [1.165, 1.54) is 6.92 Å². The molecule has 0 radical (unpaired) electrons. The molecule has 0 aliphatic rings. The molecule has 4 nitrogen and oxygen atoms in total. The molecule has 0 unspecified atom stereocenters. The molecular formula is C14H20N2O2. The quantitative estimate of drug-likeness (QED) is 0.862. The van der Waals surface area contributed by atoms with E-state index in [2.05, 4.69) is 5.32 Å². The maximum absolute atomic E-state index is 11.4. The molecule has 0 saturated heterocycles. The summed E-state index contributed by atoms with van der Waals surface area (Å²) in [5, 5.41) is 2.88. The highest BCUT2D eigenvalue weighted by atomic mass is 16.2. The van der Waals surface area contributed by atoms with Crippen molar-refractivity contribution in [1.29, 1.82) is 0 Å². The molecule has 0 bridgehead atoms. The number of benzene rings is 1. The Morgan fingerprint density at radius 2 is 1.83 bits per heavy atom. The average molecular weight is 248 g/mol. The van der Waals surface area contributed by atoms with Gasteiger partial charge in [-0.25, -0.2) is 0 Å². The molecule has 0 heterocycles. The van der Waals surface area contributed by atoms with Gasteiger partial charge in [-0.2, -0.15) is 0 Å². The molecular weight excluding hydrogens is 228 g/mol. The maximum atomic E-state index is 11.4. The van der Waals surface area contributed by atoms with E-state index >= 15 is 0 Å². The number of rotatable bonds is 5. The summed E-state index contributed by atoms with van der Waals surface area (Å²) in [5.74, 6) is -0.0766. The van der Waals surface area contributed by atoms with Gasteiger partial charge in [0, 0.05) is 26.9 Å². The van der Waals surface area contributed by atoms with Crippen molar-refractivity contribution in [3.63, 3.8) is 0 Å². The van der Waals surface area contributed by atoms with Crippen molar-refractivity contribution in [3.8, 4) is 0 Å². The van der Waals surface area contributed by atoms with Gasteiger partial charge in [-0.1, -0.05) is 30.3 Å². The topological polar surface area (TPSA) is 49.4 Å². The number of carbonyl (C=O) groups is 2. The molecule has 0 aliphatic carbocycles. The van der Waals surface area contributed by atoms with Crippen LogP contribution < -0.4 is 5.32 Å². The minimum atomic E-state index is -0.160. The Morgan fingerprint density at radius 3 is 2.28 bits per heavy atom. The predicted octanol–water partition coefficient (Wildman–Crippen LogP) is 1.73. The largest absolute Gasteiger partial charge is 0.348 e. The van der Waals surface area contributed by atoms with Crippen LogP contribution >= 0.6 is 0 Å². The summed E-state index contributed by atoms with van der Waals surface area (Å²) in [6.07, 6.45) is 0. The normalized spacial score (nSPS) is 11.7. The molecule has 1 aromatic rings. The fourth-order valence-electron chi connectivity index (χ4n) is 1.87. The van der Waals surface area contributed by atoms with Crippen LogP contribution in [0.15, 0.2) is 30.3 Å². The Kier molecular flexibility index (Phi) is 5.36. The second-order valence-corrected chi connectivity index (χ2v) is 4.22. The third-order valence-corrected chi connectivity index (χ3v) is 2.81. The summed E-state index contributed by atoms with van der Waals surface area (Å²) < 4.78 is 0. The zero-order chi connectivity index (χ0) is 13.5. The minimum Gasteiger partial charge on any atom is -0.348 e. The molecule has 4 heteroatoms. The van der Waals surface area contributed by atoms with Gasteiger partial charge in [-0.3, -0.25) is 9.59 Å². The van der Waals surface area contributed by atoms with Gasteiger partial charge in [0.1, 0.15) is 0 Å². The predicted molar refractivity (Wildman–Crippen MR) is 70.9 cm³/mol. The minimum absolute atomic E-state index is 0.0174. The molecule has 0 aromatic heterocycles. The van der Waals surface area contributed by atoms with Gasteiger partial charge in [0.15, 0.2) is 0 Å². The van der Waals surface area contributed by atoms with E-state index in [-0.39, 0.29) is 17.9 Å². The van der Waals surface area contributed by atoms with Crippen LogP contribution in [0.3, 0.4) is 0 Å². The highest BCUT2D eigenvalue weighted by Gasteiger charge is 2.17. The number of hydrogen-bond donors (Lipinski definition) is 1. The fourth-order valence-corrected chi connectivity index (χ4v) is 1.87. The third kappa shape index (κ3) is 4.20. The summed E-state index contributed by atoms with van der Waals surface area (Å²) in [5.41, 5.74) is 1.01. The number of likely N-dealkylation sites (N-methyl/N-ethyl adjacent to an activating group) is 1. The van der Waals surface area contributed by atoms with Crippen LogP contribution in [-0.4, -0.2) is 29.8 Å². The smallest absolute Gasteiger partial charge is 0.219 e. The fraction of sp³-hybridized carbons (Fsp3) is 0.429. The molecule has 0 spiro atoms. The van der Waals surface area contributed by atoms with Crippen molar-refractivity contribution < 1.29 is 9.59 Å². The summed E-state index contributed by atoms with van der Waals surface area (Å²) in [6.45, 7) is 6.09. The lowest BCUT2D eigenvalue weighted by atomic mass is 10.1.